The molecule has 0 saturated carbocycles. The Morgan fingerprint density at radius 3 is 3.08 bits per heavy atom. The zero-order chi connectivity index (χ0) is 8.55. The molecule has 64 valence electrons. The van der Waals surface area contributed by atoms with Crippen molar-refractivity contribution in [3.63, 3.8) is 0 Å². The van der Waals surface area contributed by atoms with Crippen molar-refractivity contribution in [3.05, 3.63) is 27.5 Å². The van der Waals surface area contributed by atoms with Gasteiger partial charge in [0.05, 0.1) is 0 Å². The van der Waals surface area contributed by atoms with Crippen LogP contribution in [0.5, 0.6) is 0 Å². The molecule has 0 aliphatic heterocycles. The Balaban J connectivity index is 2.39. The first-order chi connectivity index (χ1) is 5.83. The second kappa shape index (κ2) is 3.06. The Kier molecular flexibility index (Phi) is 2.05. The van der Waals surface area contributed by atoms with Gasteiger partial charge < -0.3 is 0 Å². The Morgan fingerprint density at radius 2 is 2.33 bits per heavy atom. The van der Waals surface area contributed by atoms with Gasteiger partial charge in [0.15, 0.2) is 0 Å². The molecule has 1 aliphatic carbocycles. The van der Waals surface area contributed by atoms with E-state index in [4.69, 9.17) is 0 Å². The molecular weight excluding hydrogens is 164 g/mol. The van der Waals surface area contributed by atoms with Crippen molar-refractivity contribution in [1.29, 1.82) is 0 Å². The number of hydrogen-bond donors (Lipinski definition) is 0. The molecule has 2 rings (SSSR count). The number of hydrogen-bond acceptors (Lipinski definition) is 1. The summed E-state index contributed by atoms with van der Waals surface area (Å²) < 4.78 is 0. The van der Waals surface area contributed by atoms with Crippen molar-refractivity contribution in [2.45, 2.75) is 33.1 Å². The van der Waals surface area contributed by atoms with Crippen molar-refractivity contribution in [3.8, 4) is 0 Å². The van der Waals surface area contributed by atoms with Gasteiger partial charge in [0, 0.05) is 4.88 Å². The van der Waals surface area contributed by atoms with Crippen LogP contribution < -0.4 is 0 Å². The summed E-state index contributed by atoms with van der Waals surface area (Å²) in [6.45, 7) is 4.48. The number of rotatable bonds is 2. The zero-order valence-electron chi connectivity index (χ0n) is 7.68. The lowest BCUT2D eigenvalue weighted by Crippen LogP contribution is -1.84. The summed E-state index contributed by atoms with van der Waals surface area (Å²) in [5.74, 6) is 0. The van der Waals surface area contributed by atoms with Crippen molar-refractivity contribution < 1.29 is 0 Å². The third-order valence-electron chi connectivity index (χ3n) is 2.44. The first-order valence-corrected chi connectivity index (χ1v) is 5.47. The van der Waals surface area contributed by atoms with Gasteiger partial charge in [0.1, 0.15) is 0 Å². The van der Waals surface area contributed by atoms with E-state index in [1.54, 1.807) is 16.0 Å². The molecule has 0 N–H and O–H groups in total. The SMILES string of the molecule is CCCc1scc2c1C(C)=CC2. The molecule has 0 bridgehead atoms. The van der Waals surface area contributed by atoms with Crippen LogP contribution in [0.1, 0.15) is 36.3 Å². The van der Waals surface area contributed by atoms with Crippen molar-refractivity contribution in [1.82, 2.24) is 0 Å². The van der Waals surface area contributed by atoms with Gasteiger partial charge in [0.25, 0.3) is 0 Å². The lowest BCUT2D eigenvalue weighted by atomic mass is 10.1. The molecule has 1 aromatic heterocycles. The molecule has 0 saturated heterocycles. The summed E-state index contributed by atoms with van der Waals surface area (Å²) in [5.41, 5.74) is 4.62. The first-order valence-electron chi connectivity index (χ1n) is 4.59. The smallest absolute Gasteiger partial charge is 0.0123 e. The first kappa shape index (κ1) is 8.06. The average Bonchev–Trinajstić information content (AvgIpc) is 2.58. The average molecular weight is 178 g/mol. The van der Waals surface area contributed by atoms with Crippen LogP contribution in [0.3, 0.4) is 0 Å². The van der Waals surface area contributed by atoms with Crippen LogP contribution in [0.2, 0.25) is 0 Å². The van der Waals surface area contributed by atoms with Crippen molar-refractivity contribution >= 4 is 16.9 Å². The second-order valence-electron chi connectivity index (χ2n) is 3.40. The van der Waals surface area contributed by atoms with Crippen LogP contribution in [0, 0.1) is 0 Å². The van der Waals surface area contributed by atoms with Crippen molar-refractivity contribution in [2.75, 3.05) is 0 Å². The fraction of sp³-hybridized carbons (Fsp3) is 0.455. The largest absolute Gasteiger partial charge is 0.148 e. The minimum absolute atomic E-state index is 1.17. The van der Waals surface area contributed by atoms with Gasteiger partial charge >= 0.3 is 0 Å². The Bertz CT molecular complexity index is 318. The maximum Gasteiger partial charge on any atom is 0.0123 e. The molecule has 0 radical (unpaired) electrons. The van der Waals surface area contributed by atoms with E-state index < -0.39 is 0 Å². The van der Waals surface area contributed by atoms with E-state index in [0.717, 1.165) is 0 Å². The Labute approximate surface area is 77.9 Å². The summed E-state index contributed by atoms with van der Waals surface area (Å²) in [7, 11) is 0. The zero-order valence-corrected chi connectivity index (χ0v) is 8.50. The summed E-state index contributed by atoms with van der Waals surface area (Å²) in [6.07, 6.45) is 6.03. The molecule has 1 aromatic rings. The van der Waals surface area contributed by atoms with E-state index in [-0.39, 0.29) is 0 Å². The van der Waals surface area contributed by atoms with E-state index in [1.165, 1.54) is 24.8 Å². The van der Waals surface area contributed by atoms with Gasteiger partial charge in [-0.05, 0) is 41.8 Å². The summed E-state index contributed by atoms with van der Waals surface area (Å²) >= 11 is 1.94. The maximum atomic E-state index is 2.34. The molecule has 12 heavy (non-hydrogen) atoms. The quantitative estimate of drug-likeness (QED) is 0.648. The molecule has 1 aliphatic rings. The van der Waals surface area contributed by atoms with Crippen LogP contribution >= 0.6 is 11.3 Å². The maximum absolute atomic E-state index is 2.34. The minimum Gasteiger partial charge on any atom is -0.148 e. The fourth-order valence-corrected chi connectivity index (χ4v) is 3.07. The predicted molar refractivity (Wildman–Crippen MR) is 55.7 cm³/mol. The predicted octanol–water partition coefficient (Wildman–Crippen LogP) is 3.66. The van der Waals surface area contributed by atoms with Gasteiger partial charge in [-0.1, -0.05) is 19.4 Å². The van der Waals surface area contributed by atoms with Crippen molar-refractivity contribution in [2.24, 2.45) is 0 Å². The van der Waals surface area contributed by atoms with E-state index in [9.17, 15) is 0 Å². The lowest BCUT2D eigenvalue weighted by molar-refractivity contribution is 0.936. The Morgan fingerprint density at radius 1 is 1.50 bits per heavy atom. The van der Waals surface area contributed by atoms with Gasteiger partial charge in [-0.25, -0.2) is 0 Å². The summed E-state index contributed by atoms with van der Waals surface area (Å²) in [4.78, 5) is 1.60. The van der Waals surface area contributed by atoms with E-state index in [1.807, 2.05) is 11.3 Å². The monoisotopic (exact) mass is 178 g/mol. The van der Waals surface area contributed by atoms with Gasteiger partial charge in [0.2, 0.25) is 0 Å². The molecule has 0 amide bonds. The number of fused-ring (bicyclic) bond motifs is 1. The third kappa shape index (κ3) is 1.13. The molecular formula is C11H14S. The summed E-state index contributed by atoms with van der Waals surface area (Å²) in [6, 6.07) is 0. The van der Waals surface area contributed by atoms with E-state index in [0.29, 0.717) is 0 Å². The highest BCUT2D eigenvalue weighted by atomic mass is 32.1. The highest BCUT2D eigenvalue weighted by Crippen LogP contribution is 2.35. The Hall–Kier alpha value is -0.560. The van der Waals surface area contributed by atoms with Crippen LogP contribution in [0.4, 0.5) is 0 Å². The number of thiophene rings is 1. The van der Waals surface area contributed by atoms with E-state index >= 15 is 0 Å². The molecule has 0 atom stereocenters. The summed E-state index contributed by atoms with van der Waals surface area (Å²) in [5, 5.41) is 2.33. The molecule has 0 unspecified atom stereocenters. The van der Waals surface area contributed by atoms with Gasteiger partial charge in [-0.2, -0.15) is 0 Å². The molecule has 0 nitrogen and oxygen atoms in total. The van der Waals surface area contributed by atoms with Crippen LogP contribution in [0.15, 0.2) is 11.5 Å². The van der Waals surface area contributed by atoms with Crippen LogP contribution in [0.25, 0.3) is 5.57 Å². The van der Waals surface area contributed by atoms with Gasteiger partial charge in [-0.3, -0.25) is 0 Å². The number of allylic oxidation sites excluding steroid dienone is 2. The molecule has 0 spiro atoms. The molecule has 0 fully saturated rings. The fourth-order valence-electron chi connectivity index (χ4n) is 1.84. The lowest BCUT2D eigenvalue weighted by Gasteiger charge is -1.99. The highest BCUT2D eigenvalue weighted by molar-refractivity contribution is 7.10. The molecule has 1 heteroatoms. The van der Waals surface area contributed by atoms with Crippen LogP contribution in [-0.2, 0) is 12.8 Å². The van der Waals surface area contributed by atoms with Crippen LogP contribution in [-0.4, -0.2) is 0 Å². The normalized spacial score (nSPS) is 14.7. The minimum atomic E-state index is 1.17. The van der Waals surface area contributed by atoms with E-state index in [2.05, 4.69) is 25.3 Å². The standard InChI is InChI=1S/C11H14S/c1-3-4-10-11-8(2)5-6-9(11)7-12-10/h5,7H,3-4,6H2,1-2H3. The molecule has 1 heterocycles. The van der Waals surface area contributed by atoms with Gasteiger partial charge in [-0.15, -0.1) is 11.3 Å². The third-order valence-corrected chi connectivity index (χ3v) is 3.54. The second-order valence-corrected chi connectivity index (χ2v) is 4.36. The highest BCUT2D eigenvalue weighted by Gasteiger charge is 2.15. The molecule has 0 aromatic carbocycles. The topological polar surface area (TPSA) is 0 Å². The number of aryl methyl sites for hydroxylation is 1.